The van der Waals surface area contributed by atoms with Crippen molar-refractivity contribution < 1.29 is 0 Å². The second kappa shape index (κ2) is 5.85. The van der Waals surface area contributed by atoms with E-state index in [1.807, 2.05) is 11.7 Å². The molecule has 0 aromatic carbocycles. The Morgan fingerprint density at radius 3 is 2.73 bits per heavy atom. The van der Waals surface area contributed by atoms with Crippen LogP contribution in [-0.2, 0) is 13.6 Å². The summed E-state index contributed by atoms with van der Waals surface area (Å²) in [5.41, 5.74) is 0. The standard InChI is InChI=1S/C11H22N4/c1-5-9(2)6-10(3)12-7-11-13-8-14-15(11)4/h8-10,12H,5-7H2,1-4H3. The molecule has 0 saturated heterocycles. The summed E-state index contributed by atoms with van der Waals surface area (Å²) in [6.45, 7) is 7.55. The van der Waals surface area contributed by atoms with Gasteiger partial charge < -0.3 is 5.32 Å². The van der Waals surface area contributed by atoms with Crippen molar-refractivity contribution in [3.8, 4) is 0 Å². The Bertz CT molecular complexity index is 282. The van der Waals surface area contributed by atoms with E-state index in [0.717, 1.165) is 18.3 Å². The maximum absolute atomic E-state index is 4.18. The zero-order chi connectivity index (χ0) is 11.3. The fraction of sp³-hybridized carbons (Fsp3) is 0.818. The minimum Gasteiger partial charge on any atom is -0.307 e. The van der Waals surface area contributed by atoms with Gasteiger partial charge in [-0.15, -0.1) is 0 Å². The minimum absolute atomic E-state index is 0.539. The lowest BCUT2D eigenvalue weighted by Gasteiger charge is -2.17. The molecule has 15 heavy (non-hydrogen) atoms. The van der Waals surface area contributed by atoms with Crippen molar-refractivity contribution in [2.24, 2.45) is 13.0 Å². The first-order chi connectivity index (χ1) is 7.13. The van der Waals surface area contributed by atoms with E-state index in [4.69, 9.17) is 0 Å². The van der Waals surface area contributed by atoms with Crippen molar-refractivity contribution >= 4 is 0 Å². The van der Waals surface area contributed by atoms with E-state index in [0.29, 0.717) is 6.04 Å². The number of hydrogen-bond donors (Lipinski definition) is 1. The van der Waals surface area contributed by atoms with Crippen molar-refractivity contribution in [3.63, 3.8) is 0 Å². The van der Waals surface area contributed by atoms with Gasteiger partial charge in [0.1, 0.15) is 12.2 Å². The van der Waals surface area contributed by atoms with Gasteiger partial charge in [-0.2, -0.15) is 5.10 Å². The van der Waals surface area contributed by atoms with Crippen molar-refractivity contribution in [3.05, 3.63) is 12.2 Å². The number of nitrogens with one attached hydrogen (secondary N) is 1. The van der Waals surface area contributed by atoms with Gasteiger partial charge in [0.15, 0.2) is 0 Å². The molecule has 0 radical (unpaired) electrons. The van der Waals surface area contributed by atoms with E-state index in [1.54, 1.807) is 6.33 Å². The highest BCUT2D eigenvalue weighted by Gasteiger charge is 2.07. The molecule has 0 bridgehead atoms. The number of hydrogen-bond acceptors (Lipinski definition) is 3. The van der Waals surface area contributed by atoms with E-state index in [9.17, 15) is 0 Å². The van der Waals surface area contributed by atoms with Gasteiger partial charge in [0.25, 0.3) is 0 Å². The van der Waals surface area contributed by atoms with E-state index in [2.05, 4.69) is 36.2 Å². The SMILES string of the molecule is CCC(C)CC(C)NCc1ncnn1C. The predicted molar refractivity (Wildman–Crippen MR) is 61.4 cm³/mol. The van der Waals surface area contributed by atoms with Crippen LogP contribution >= 0.6 is 0 Å². The van der Waals surface area contributed by atoms with Gasteiger partial charge in [0, 0.05) is 13.1 Å². The van der Waals surface area contributed by atoms with Crippen LogP contribution in [0.4, 0.5) is 0 Å². The maximum Gasteiger partial charge on any atom is 0.140 e. The van der Waals surface area contributed by atoms with Gasteiger partial charge in [0.05, 0.1) is 6.54 Å². The molecule has 1 heterocycles. The molecule has 86 valence electrons. The summed E-state index contributed by atoms with van der Waals surface area (Å²) >= 11 is 0. The fourth-order valence-corrected chi connectivity index (χ4v) is 1.60. The second-order valence-electron chi connectivity index (χ2n) is 4.33. The molecule has 0 aliphatic heterocycles. The van der Waals surface area contributed by atoms with Crippen molar-refractivity contribution in [2.45, 2.75) is 46.2 Å². The van der Waals surface area contributed by atoms with Crippen molar-refractivity contribution in [1.82, 2.24) is 20.1 Å². The predicted octanol–water partition coefficient (Wildman–Crippen LogP) is 1.73. The van der Waals surface area contributed by atoms with Crippen LogP contribution in [0.25, 0.3) is 0 Å². The molecule has 1 N–H and O–H groups in total. The van der Waals surface area contributed by atoms with Crippen LogP contribution in [0.15, 0.2) is 6.33 Å². The quantitative estimate of drug-likeness (QED) is 0.777. The van der Waals surface area contributed by atoms with Gasteiger partial charge >= 0.3 is 0 Å². The van der Waals surface area contributed by atoms with Gasteiger partial charge in [-0.25, -0.2) is 4.98 Å². The van der Waals surface area contributed by atoms with E-state index in [-0.39, 0.29) is 0 Å². The van der Waals surface area contributed by atoms with Crippen LogP contribution in [0.2, 0.25) is 0 Å². The molecule has 1 rings (SSSR count). The molecular weight excluding hydrogens is 188 g/mol. The fourth-order valence-electron chi connectivity index (χ4n) is 1.60. The van der Waals surface area contributed by atoms with Gasteiger partial charge in [-0.05, 0) is 19.3 Å². The maximum atomic E-state index is 4.18. The van der Waals surface area contributed by atoms with Crippen LogP contribution in [0.1, 0.15) is 39.4 Å². The molecule has 0 fully saturated rings. The first-order valence-corrected chi connectivity index (χ1v) is 5.69. The van der Waals surface area contributed by atoms with Gasteiger partial charge in [-0.3, -0.25) is 4.68 Å². The third kappa shape index (κ3) is 4.00. The number of aromatic nitrogens is 3. The Kier molecular flexibility index (Phi) is 4.75. The average Bonchev–Trinajstić information content (AvgIpc) is 2.61. The third-order valence-electron chi connectivity index (χ3n) is 2.87. The van der Waals surface area contributed by atoms with Gasteiger partial charge in [-0.1, -0.05) is 20.3 Å². The minimum atomic E-state index is 0.539. The Morgan fingerprint density at radius 2 is 2.20 bits per heavy atom. The lowest BCUT2D eigenvalue weighted by molar-refractivity contribution is 0.406. The Balaban J connectivity index is 2.28. The first-order valence-electron chi connectivity index (χ1n) is 5.69. The zero-order valence-electron chi connectivity index (χ0n) is 10.2. The molecule has 4 nitrogen and oxygen atoms in total. The Labute approximate surface area is 92.1 Å². The Morgan fingerprint density at radius 1 is 1.47 bits per heavy atom. The van der Waals surface area contributed by atoms with Crippen molar-refractivity contribution in [1.29, 1.82) is 0 Å². The summed E-state index contributed by atoms with van der Waals surface area (Å²) in [5.74, 6) is 1.78. The molecule has 1 aromatic heterocycles. The number of rotatable bonds is 6. The highest BCUT2D eigenvalue weighted by molar-refractivity contribution is 4.83. The number of aryl methyl sites for hydroxylation is 1. The average molecular weight is 210 g/mol. The molecule has 1 aromatic rings. The molecule has 0 saturated carbocycles. The molecule has 0 aliphatic rings. The third-order valence-corrected chi connectivity index (χ3v) is 2.87. The summed E-state index contributed by atoms with van der Waals surface area (Å²) in [4.78, 5) is 4.18. The molecule has 0 aliphatic carbocycles. The van der Waals surface area contributed by atoms with Crippen LogP contribution in [-0.4, -0.2) is 20.8 Å². The molecule has 0 amide bonds. The Hall–Kier alpha value is -0.900. The highest BCUT2D eigenvalue weighted by atomic mass is 15.3. The van der Waals surface area contributed by atoms with Gasteiger partial charge in [0.2, 0.25) is 0 Å². The molecule has 2 unspecified atom stereocenters. The second-order valence-corrected chi connectivity index (χ2v) is 4.33. The van der Waals surface area contributed by atoms with Crippen LogP contribution in [0, 0.1) is 5.92 Å². The summed E-state index contributed by atoms with van der Waals surface area (Å²) in [5, 5.41) is 7.50. The van der Waals surface area contributed by atoms with Crippen molar-refractivity contribution in [2.75, 3.05) is 0 Å². The summed E-state index contributed by atoms with van der Waals surface area (Å²) in [6, 6.07) is 0.539. The number of nitrogens with zero attached hydrogens (tertiary/aromatic N) is 3. The topological polar surface area (TPSA) is 42.7 Å². The summed E-state index contributed by atoms with van der Waals surface area (Å²) in [6.07, 6.45) is 4.06. The monoisotopic (exact) mass is 210 g/mol. The molecule has 2 atom stereocenters. The summed E-state index contributed by atoms with van der Waals surface area (Å²) < 4.78 is 1.81. The smallest absolute Gasteiger partial charge is 0.140 e. The van der Waals surface area contributed by atoms with E-state index < -0.39 is 0 Å². The zero-order valence-corrected chi connectivity index (χ0v) is 10.2. The molecule has 0 spiro atoms. The first kappa shape index (κ1) is 12.2. The highest BCUT2D eigenvalue weighted by Crippen LogP contribution is 2.09. The van der Waals surface area contributed by atoms with E-state index in [1.165, 1.54) is 12.8 Å². The van der Waals surface area contributed by atoms with Crippen LogP contribution in [0.5, 0.6) is 0 Å². The van der Waals surface area contributed by atoms with Crippen LogP contribution < -0.4 is 5.32 Å². The van der Waals surface area contributed by atoms with E-state index >= 15 is 0 Å². The summed E-state index contributed by atoms with van der Waals surface area (Å²) in [7, 11) is 1.92. The molecule has 4 heteroatoms. The lowest BCUT2D eigenvalue weighted by atomic mass is 10.0. The largest absolute Gasteiger partial charge is 0.307 e. The lowest BCUT2D eigenvalue weighted by Crippen LogP contribution is -2.28. The molecular formula is C11H22N4. The van der Waals surface area contributed by atoms with Crippen LogP contribution in [0.3, 0.4) is 0 Å². The normalized spacial score (nSPS) is 15.2.